The summed E-state index contributed by atoms with van der Waals surface area (Å²) >= 11 is 0. The molecule has 11 nitrogen and oxygen atoms in total. The highest BCUT2D eigenvalue weighted by Gasteiger charge is 2.49. The van der Waals surface area contributed by atoms with E-state index in [9.17, 15) is 22.8 Å². The molecule has 2 heterocycles. The number of amides is 3. The molecule has 2 aliphatic rings. The van der Waals surface area contributed by atoms with Gasteiger partial charge in [-0.1, -0.05) is 46.5 Å². The Hall–Kier alpha value is -1.92. The van der Waals surface area contributed by atoms with E-state index in [1.165, 1.54) is 11.3 Å². The first kappa shape index (κ1) is 27.3. The fourth-order valence-electron chi connectivity index (χ4n) is 3.85. The zero-order chi connectivity index (χ0) is 24.6. The number of nitrogens with two attached hydrogens (primary N) is 1. The Morgan fingerprint density at radius 1 is 1.15 bits per heavy atom. The van der Waals surface area contributed by atoms with Crippen molar-refractivity contribution in [2.45, 2.75) is 90.6 Å². The first-order chi connectivity index (χ1) is 15.5. The largest absolute Gasteiger partial charge is 0.466 e. The maximum Gasteiger partial charge on any atom is 0.421 e. The third-order valence-electron chi connectivity index (χ3n) is 5.93. The van der Waals surface area contributed by atoms with Gasteiger partial charge in [0.05, 0.1) is 19.3 Å². The number of hydroxylamine groups is 2. The SMILES string of the molecule is CCCCCCCOC(=O)CCC(C)(C)COS(=O)(=O)ON1C(=O)N2C[C@H]1CC[C@H]2C(N)=O. The molecule has 2 aliphatic heterocycles. The summed E-state index contributed by atoms with van der Waals surface area (Å²) < 4.78 is 39.8. The molecule has 0 unspecified atom stereocenters. The van der Waals surface area contributed by atoms with Crippen LogP contribution in [0.4, 0.5) is 4.79 Å². The third-order valence-corrected chi connectivity index (χ3v) is 6.68. The predicted molar refractivity (Wildman–Crippen MR) is 119 cm³/mol. The van der Waals surface area contributed by atoms with E-state index in [2.05, 4.69) is 6.92 Å². The van der Waals surface area contributed by atoms with Crippen LogP contribution in [0.3, 0.4) is 0 Å². The van der Waals surface area contributed by atoms with Crippen molar-refractivity contribution in [1.29, 1.82) is 0 Å². The number of carbonyl (C=O) groups excluding carboxylic acids is 3. The Balaban J connectivity index is 1.74. The number of primary amides is 1. The summed E-state index contributed by atoms with van der Waals surface area (Å²) in [6.45, 7) is 5.97. The van der Waals surface area contributed by atoms with Gasteiger partial charge in [-0.2, -0.15) is 13.5 Å². The molecule has 0 aromatic rings. The molecule has 0 radical (unpaired) electrons. The van der Waals surface area contributed by atoms with Crippen molar-refractivity contribution >= 4 is 28.3 Å². The smallest absolute Gasteiger partial charge is 0.421 e. The molecule has 2 fully saturated rings. The zero-order valence-electron chi connectivity index (χ0n) is 19.8. The van der Waals surface area contributed by atoms with E-state index in [4.69, 9.17) is 18.9 Å². The predicted octanol–water partition coefficient (Wildman–Crippen LogP) is 2.25. The molecule has 0 saturated carbocycles. The average Bonchev–Trinajstić information content (AvgIpc) is 2.97. The van der Waals surface area contributed by atoms with Crippen LogP contribution in [-0.2, 0) is 33.2 Å². The Labute approximate surface area is 196 Å². The molecule has 0 aliphatic carbocycles. The van der Waals surface area contributed by atoms with Gasteiger partial charge in [-0.25, -0.2) is 8.98 Å². The molecule has 190 valence electrons. The van der Waals surface area contributed by atoms with Crippen LogP contribution in [0, 0.1) is 5.41 Å². The van der Waals surface area contributed by atoms with Crippen molar-refractivity contribution in [1.82, 2.24) is 9.96 Å². The molecule has 3 amide bonds. The van der Waals surface area contributed by atoms with Gasteiger partial charge in [0.25, 0.3) is 0 Å². The molecule has 0 spiro atoms. The molecule has 2 bridgehead atoms. The highest BCUT2D eigenvalue weighted by Crippen LogP contribution is 2.31. The Morgan fingerprint density at radius 2 is 1.85 bits per heavy atom. The van der Waals surface area contributed by atoms with Crippen molar-refractivity contribution in [3.05, 3.63) is 0 Å². The maximum atomic E-state index is 12.5. The number of esters is 1. The summed E-state index contributed by atoms with van der Waals surface area (Å²) in [4.78, 5) is 37.1. The van der Waals surface area contributed by atoms with E-state index in [0.29, 0.717) is 25.9 Å². The minimum Gasteiger partial charge on any atom is -0.466 e. The van der Waals surface area contributed by atoms with Gasteiger partial charge in [0.2, 0.25) is 5.91 Å². The molecular formula is C21H37N3O8S. The lowest BCUT2D eigenvalue weighted by Crippen LogP contribution is -2.47. The number of ether oxygens (including phenoxy) is 1. The number of fused-ring (bicyclic) bond motifs is 2. The highest BCUT2D eigenvalue weighted by atomic mass is 32.3. The van der Waals surface area contributed by atoms with Crippen molar-refractivity contribution in [2.24, 2.45) is 11.1 Å². The van der Waals surface area contributed by atoms with Gasteiger partial charge in [-0.15, -0.1) is 4.28 Å². The number of nitrogens with zero attached hydrogens (tertiary/aromatic N) is 2. The van der Waals surface area contributed by atoms with E-state index in [1.54, 1.807) is 13.8 Å². The van der Waals surface area contributed by atoms with Gasteiger partial charge in [-0.05, 0) is 31.1 Å². The minimum absolute atomic E-state index is 0.141. The van der Waals surface area contributed by atoms with E-state index >= 15 is 0 Å². The van der Waals surface area contributed by atoms with Gasteiger partial charge in [-0.3, -0.25) is 9.59 Å². The summed E-state index contributed by atoms with van der Waals surface area (Å²) in [6.07, 6.45) is 6.54. The quantitative estimate of drug-likeness (QED) is 0.271. The standard InChI is InChI=1S/C21H37N3O8S/c1-4-5-6-7-8-13-30-18(25)11-12-21(2,3)15-31-33(28,29)32-24-16-9-10-17(19(22)26)23(14-16)20(24)27/h16-17H,4-15H2,1-3H3,(H2,22,26)/t16-,17+/m1/s1. The topological polar surface area (TPSA) is 146 Å². The lowest BCUT2D eigenvalue weighted by atomic mass is 9.89. The summed E-state index contributed by atoms with van der Waals surface area (Å²) in [5.74, 6) is -0.967. The molecule has 2 saturated heterocycles. The van der Waals surface area contributed by atoms with Crippen molar-refractivity contribution in [3.8, 4) is 0 Å². The molecule has 2 atom stereocenters. The lowest BCUT2D eigenvalue weighted by Gasteiger charge is -2.27. The Bertz CT molecular complexity index is 801. The first-order valence-electron chi connectivity index (χ1n) is 11.6. The summed E-state index contributed by atoms with van der Waals surface area (Å²) in [5, 5.41) is 0.739. The molecule has 0 aromatic carbocycles. The Kier molecular flexibility index (Phi) is 9.92. The Morgan fingerprint density at radius 3 is 2.52 bits per heavy atom. The van der Waals surface area contributed by atoms with Gasteiger partial charge in [0, 0.05) is 13.0 Å². The number of unbranched alkanes of at least 4 members (excludes halogenated alkanes) is 4. The van der Waals surface area contributed by atoms with E-state index < -0.39 is 39.8 Å². The van der Waals surface area contributed by atoms with E-state index in [-0.39, 0.29) is 25.5 Å². The van der Waals surface area contributed by atoms with Crippen LogP contribution >= 0.6 is 0 Å². The van der Waals surface area contributed by atoms with Crippen molar-refractivity contribution in [2.75, 3.05) is 19.8 Å². The number of hydrogen-bond acceptors (Lipinski definition) is 8. The molecule has 0 aromatic heterocycles. The molecule has 2 rings (SSSR count). The second-order valence-corrected chi connectivity index (χ2v) is 10.7. The summed E-state index contributed by atoms with van der Waals surface area (Å²) in [5.41, 5.74) is 4.66. The van der Waals surface area contributed by atoms with E-state index in [0.717, 1.165) is 30.7 Å². The van der Waals surface area contributed by atoms with Crippen LogP contribution < -0.4 is 5.73 Å². The second-order valence-electron chi connectivity index (χ2n) is 9.45. The average molecular weight is 492 g/mol. The summed E-state index contributed by atoms with van der Waals surface area (Å²) in [7, 11) is -4.53. The zero-order valence-corrected chi connectivity index (χ0v) is 20.6. The van der Waals surface area contributed by atoms with Crippen LogP contribution in [-0.4, -0.2) is 68.1 Å². The normalized spacial score (nSPS) is 20.9. The minimum atomic E-state index is -4.53. The van der Waals surface area contributed by atoms with Crippen LogP contribution in [0.15, 0.2) is 0 Å². The van der Waals surface area contributed by atoms with Crippen molar-refractivity contribution in [3.63, 3.8) is 0 Å². The lowest BCUT2D eigenvalue weighted by molar-refractivity contribution is -0.144. The van der Waals surface area contributed by atoms with Crippen molar-refractivity contribution < 1.29 is 36.0 Å². The van der Waals surface area contributed by atoms with Gasteiger partial charge in [0.15, 0.2) is 0 Å². The molecule has 2 N–H and O–H groups in total. The number of rotatable bonds is 15. The number of piperidine rings is 1. The monoisotopic (exact) mass is 491 g/mol. The maximum absolute atomic E-state index is 12.5. The number of hydrogen-bond donors (Lipinski definition) is 1. The molecular weight excluding hydrogens is 454 g/mol. The molecule has 12 heteroatoms. The van der Waals surface area contributed by atoms with Crippen LogP contribution in [0.5, 0.6) is 0 Å². The third kappa shape index (κ3) is 8.42. The highest BCUT2D eigenvalue weighted by molar-refractivity contribution is 7.81. The van der Waals surface area contributed by atoms with Gasteiger partial charge in [0.1, 0.15) is 6.04 Å². The number of urea groups is 1. The fraction of sp³-hybridized carbons (Fsp3) is 0.857. The second kappa shape index (κ2) is 12.0. The summed E-state index contributed by atoms with van der Waals surface area (Å²) in [6, 6.07) is -2.01. The molecule has 33 heavy (non-hydrogen) atoms. The van der Waals surface area contributed by atoms with Gasteiger partial charge >= 0.3 is 22.4 Å². The number of carbonyl (C=O) groups is 3. The van der Waals surface area contributed by atoms with Crippen LogP contribution in [0.1, 0.15) is 78.6 Å². The first-order valence-corrected chi connectivity index (χ1v) is 12.9. The van der Waals surface area contributed by atoms with Crippen LogP contribution in [0.25, 0.3) is 0 Å². The fourth-order valence-corrected chi connectivity index (χ4v) is 4.74. The van der Waals surface area contributed by atoms with Crippen LogP contribution in [0.2, 0.25) is 0 Å². The van der Waals surface area contributed by atoms with Gasteiger partial charge < -0.3 is 15.4 Å². The van der Waals surface area contributed by atoms with E-state index in [1.807, 2.05) is 0 Å².